The molecule has 29 heavy (non-hydrogen) atoms. The molecule has 0 bridgehead atoms. The third kappa shape index (κ3) is 5.27. The van der Waals surface area contributed by atoms with Gasteiger partial charge in [0.05, 0.1) is 18.0 Å². The number of carbonyl (C=O) groups excluding carboxylic acids is 2. The van der Waals surface area contributed by atoms with Crippen molar-refractivity contribution in [3.05, 3.63) is 24.3 Å². The molecule has 2 aliphatic rings. The maximum absolute atomic E-state index is 12.8. The Morgan fingerprint density at radius 1 is 1.07 bits per heavy atom. The minimum Gasteiger partial charge on any atom is -0.494 e. The molecule has 0 unspecified atom stereocenters. The molecule has 0 spiro atoms. The molecule has 2 amide bonds. The minimum absolute atomic E-state index is 0.0268. The van der Waals surface area contributed by atoms with E-state index in [0.717, 1.165) is 25.7 Å². The Morgan fingerprint density at radius 2 is 1.69 bits per heavy atom. The predicted octanol–water partition coefficient (Wildman–Crippen LogP) is 1.22. The van der Waals surface area contributed by atoms with E-state index in [-0.39, 0.29) is 42.3 Å². The van der Waals surface area contributed by atoms with E-state index in [9.17, 15) is 18.0 Å². The fourth-order valence-corrected chi connectivity index (χ4v) is 5.23. The standard InChI is InChI=1S/C20H29N3O5S/c1-2-28-17-7-9-18(10-8-17)29(26,27)23-13-11-22(12-14-23)19(24)15-21-20(25)16-5-3-4-6-16/h7-10,16H,2-6,11-15H2,1H3,(H,21,25). The molecular weight excluding hydrogens is 394 g/mol. The van der Waals surface area contributed by atoms with Crippen LogP contribution in [0.4, 0.5) is 0 Å². The lowest BCUT2D eigenvalue weighted by atomic mass is 10.1. The third-order valence-corrected chi connectivity index (χ3v) is 7.42. The summed E-state index contributed by atoms with van der Waals surface area (Å²) in [6.45, 7) is 3.45. The van der Waals surface area contributed by atoms with Crippen molar-refractivity contribution in [3.63, 3.8) is 0 Å². The predicted molar refractivity (Wildman–Crippen MR) is 108 cm³/mol. The molecule has 2 fully saturated rings. The average Bonchev–Trinajstić information content (AvgIpc) is 3.27. The topological polar surface area (TPSA) is 96.0 Å². The Bertz CT molecular complexity index is 811. The lowest BCUT2D eigenvalue weighted by Gasteiger charge is -2.34. The van der Waals surface area contributed by atoms with Crippen molar-refractivity contribution >= 4 is 21.8 Å². The van der Waals surface area contributed by atoms with Gasteiger partial charge in [0.25, 0.3) is 0 Å². The van der Waals surface area contributed by atoms with E-state index >= 15 is 0 Å². The molecule has 0 radical (unpaired) electrons. The van der Waals surface area contributed by atoms with E-state index in [2.05, 4.69) is 5.32 Å². The number of hydrogen-bond acceptors (Lipinski definition) is 5. The zero-order valence-electron chi connectivity index (χ0n) is 16.8. The van der Waals surface area contributed by atoms with Gasteiger partial charge in [0.2, 0.25) is 21.8 Å². The van der Waals surface area contributed by atoms with Gasteiger partial charge in [0.1, 0.15) is 5.75 Å². The van der Waals surface area contributed by atoms with E-state index in [4.69, 9.17) is 4.74 Å². The molecule has 3 rings (SSSR count). The smallest absolute Gasteiger partial charge is 0.243 e. The number of piperazine rings is 1. The van der Waals surface area contributed by atoms with Gasteiger partial charge in [-0.1, -0.05) is 12.8 Å². The van der Waals surface area contributed by atoms with Crippen molar-refractivity contribution < 1.29 is 22.7 Å². The zero-order chi connectivity index (χ0) is 20.9. The molecule has 1 aromatic carbocycles. The van der Waals surface area contributed by atoms with Crippen molar-refractivity contribution in [2.24, 2.45) is 5.92 Å². The molecule has 0 atom stereocenters. The highest BCUT2D eigenvalue weighted by Gasteiger charge is 2.30. The Balaban J connectivity index is 1.49. The Morgan fingerprint density at radius 3 is 2.28 bits per heavy atom. The number of nitrogens with zero attached hydrogens (tertiary/aromatic N) is 2. The largest absolute Gasteiger partial charge is 0.494 e. The first-order chi connectivity index (χ1) is 13.9. The summed E-state index contributed by atoms with van der Waals surface area (Å²) in [5.41, 5.74) is 0. The first-order valence-electron chi connectivity index (χ1n) is 10.2. The number of rotatable bonds is 7. The molecule has 1 aromatic rings. The van der Waals surface area contributed by atoms with Gasteiger partial charge in [-0.05, 0) is 44.0 Å². The zero-order valence-corrected chi connectivity index (χ0v) is 17.6. The Kier molecular flexibility index (Phi) is 7.13. The monoisotopic (exact) mass is 423 g/mol. The summed E-state index contributed by atoms with van der Waals surface area (Å²) < 4.78 is 32.4. The molecule has 9 heteroatoms. The van der Waals surface area contributed by atoms with E-state index < -0.39 is 10.0 Å². The first kappa shape index (κ1) is 21.6. The Labute approximate surface area is 172 Å². The van der Waals surface area contributed by atoms with Crippen molar-refractivity contribution in [2.45, 2.75) is 37.5 Å². The van der Waals surface area contributed by atoms with Gasteiger partial charge in [-0.25, -0.2) is 8.42 Å². The lowest BCUT2D eigenvalue weighted by Crippen LogP contribution is -2.52. The summed E-state index contributed by atoms with van der Waals surface area (Å²) in [6, 6.07) is 6.36. The molecule has 1 aliphatic carbocycles. The minimum atomic E-state index is -3.61. The second kappa shape index (κ2) is 9.58. The van der Waals surface area contributed by atoms with Gasteiger partial charge >= 0.3 is 0 Å². The van der Waals surface area contributed by atoms with Crippen LogP contribution < -0.4 is 10.1 Å². The van der Waals surface area contributed by atoms with Gasteiger partial charge in [-0.15, -0.1) is 0 Å². The number of amides is 2. The van der Waals surface area contributed by atoms with Crippen LogP contribution in [0.1, 0.15) is 32.6 Å². The second-order valence-electron chi connectivity index (χ2n) is 7.39. The highest BCUT2D eigenvalue weighted by molar-refractivity contribution is 7.89. The summed E-state index contributed by atoms with van der Waals surface area (Å²) in [6.07, 6.45) is 3.91. The number of nitrogens with one attached hydrogen (secondary N) is 1. The van der Waals surface area contributed by atoms with Crippen LogP contribution in [0.5, 0.6) is 5.75 Å². The van der Waals surface area contributed by atoms with E-state index in [1.54, 1.807) is 17.0 Å². The molecular formula is C20H29N3O5S. The number of benzene rings is 1. The van der Waals surface area contributed by atoms with Gasteiger partial charge in [0.15, 0.2) is 0 Å². The van der Waals surface area contributed by atoms with Crippen molar-refractivity contribution in [3.8, 4) is 5.75 Å². The van der Waals surface area contributed by atoms with Crippen LogP contribution in [0.3, 0.4) is 0 Å². The summed E-state index contributed by atoms with van der Waals surface area (Å²) in [5, 5.41) is 2.73. The molecule has 1 saturated carbocycles. The molecule has 1 N–H and O–H groups in total. The second-order valence-corrected chi connectivity index (χ2v) is 9.33. The van der Waals surface area contributed by atoms with Crippen molar-refractivity contribution in [2.75, 3.05) is 39.3 Å². The van der Waals surface area contributed by atoms with Crippen molar-refractivity contribution in [1.82, 2.24) is 14.5 Å². The summed E-state index contributed by atoms with van der Waals surface area (Å²) in [4.78, 5) is 26.3. The van der Waals surface area contributed by atoms with Crippen LogP contribution in [0.25, 0.3) is 0 Å². The number of sulfonamides is 1. The molecule has 160 valence electrons. The fourth-order valence-electron chi connectivity index (χ4n) is 3.81. The van der Waals surface area contributed by atoms with Gasteiger partial charge < -0.3 is 15.0 Å². The van der Waals surface area contributed by atoms with E-state index in [1.807, 2.05) is 6.92 Å². The molecule has 1 heterocycles. The van der Waals surface area contributed by atoms with Gasteiger partial charge in [-0.3, -0.25) is 9.59 Å². The normalized spacial score (nSPS) is 18.6. The Hall–Kier alpha value is -2.13. The number of carbonyl (C=O) groups is 2. The number of ether oxygens (including phenoxy) is 1. The van der Waals surface area contributed by atoms with E-state index in [1.165, 1.54) is 16.4 Å². The maximum Gasteiger partial charge on any atom is 0.243 e. The summed E-state index contributed by atoms with van der Waals surface area (Å²) in [5.74, 6) is 0.433. The van der Waals surface area contributed by atoms with Crippen LogP contribution in [0.15, 0.2) is 29.2 Å². The molecule has 1 aliphatic heterocycles. The fraction of sp³-hybridized carbons (Fsp3) is 0.600. The van der Waals surface area contributed by atoms with Gasteiger partial charge in [-0.2, -0.15) is 4.31 Å². The van der Waals surface area contributed by atoms with E-state index in [0.29, 0.717) is 25.4 Å². The first-order valence-corrected chi connectivity index (χ1v) is 11.6. The quantitative estimate of drug-likeness (QED) is 0.712. The summed E-state index contributed by atoms with van der Waals surface area (Å²) in [7, 11) is -3.61. The maximum atomic E-state index is 12.8. The van der Waals surface area contributed by atoms with Crippen LogP contribution in [-0.4, -0.2) is 68.8 Å². The SMILES string of the molecule is CCOc1ccc(S(=O)(=O)N2CCN(C(=O)CNC(=O)C3CCCC3)CC2)cc1. The summed E-state index contributed by atoms with van der Waals surface area (Å²) >= 11 is 0. The highest BCUT2D eigenvalue weighted by Crippen LogP contribution is 2.24. The van der Waals surface area contributed by atoms with Crippen LogP contribution in [0.2, 0.25) is 0 Å². The lowest BCUT2D eigenvalue weighted by molar-refractivity contribution is -0.134. The number of hydrogen-bond donors (Lipinski definition) is 1. The van der Waals surface area contributed by atoms with Gasteiger partial charge in [0, 0.05) is 32.1 Å². The molecule has 0 aromatic heterocycles. The van der Waals surface area contributed by atoms with Crippen molar-refractivity contribution in [1.29, 1.82) is 0 Å². The highest BCUT2D eigenvalue weighted by atomic mass is 32.2. The molecule has 8 nitrogen and oxygen atoms in total. The third-order valence-electron chi connectivity index (χ3n) is 5.50. The average molecular weight is 424 g/mol. The van der Waals surface area contributed by atoms with Crippen LogP contribution in [-0.2, 0) is 19.6 Å². The van der Waals surface area contributed by atoms with Crippen LogP contribution >= 0.6 is 0 Å². The van der Waals surface area contributed by atoms with Crippen LogP contribution in [0, 0.1) is 5.92 Å². The molecule has 1 saturated heterocycles.